The average molecular weight is 310 g/mol. The minimum Gasteiger partial charge on any atom is -0.308 e. The van der Waals surface area contributed by atoms with Crippen LogP contribution >= 0.6 is 22.9 Å². The first-order valence-electron chi connectivity index (χ1n) is 6.96. The minimum absolute atomic E-state index is 0.114. The second-order valence-electron chi connectivity index (χ2n) is 5.92. The van der Waals surface area contributed by atoms with Gasteiger partial charge in [-0.3, -0.25) is 0 Å². The molecule has 0 saturated heterocycles. The van der Waals surface area contributed by atoms with Crippen molar-refractivity contribution in [3.8, 4) is 0 Å². The molecule has 2 heterocycles. The molecule has 0 aliphatic heterocycles. The van der Waals surface area contributed by atoms with Crippen LogP contribution in [0.3, 0.4) is 0 Å². The number of nitrogens with one attached hydrogen (secondary N) is 1. The molecule has 0 amide bonds. The Hall–Kier alpha value is -0.850. The Labute approximate surface area is 128 Å². The fourth-order valence-electron chi connectivity index (χ4n) is 1.85. The van der Waals surface area contributed by atoms with Gasteiger partial charge in [-0.15, -0.1) is 16.4 Å². The largest absolute Gasteiger partial charge is 0.308 e. The van der Waals surface area contributed by atoms with E-state index in [0.717, 1.165) is 30.1 Å². The molecule has 2 rings (SSSR count). The highest BCUT2D eigenvalue weighted by molar-refractivity contribution is 7.09. The molecule has 4 nitrogen and oxygen atoms in total. The third-order valence-electron chi connectivity index (χ3n) is 3.07. The lowest BCUT2D eigenvalue weighted by atomic mass is 9.93. The fourth-order valence-corrected chi connectivity index (χ4v) is 3.42. The van der Waals surface area contributed by atoms with E-state index < -0.39 is 0 Å². The predicted molar refractivity (Wildman–Crippen MR) is 85.5 cm³/mol. The van der Waals surface area contributed by atoms with Crippen molar-refractivity contribution in [2.45, 2.75) is 52.0 Å². The van der Waals surface area contributed by atoms with E-state index >= 15 is 0 Å². The van der Waals surface area contributed by atoms with E-state index in [1.54, 1.807) is 11.3 Å². The molecule has 0 aromatic carbocycles. The Morgan fingerprint density at radius 2 is 2.10 bits per heavy atom. The standard InChI is InChI=1S/C14H22N4S2/c1-5-6-15-10(11-8-20-18-17-11)7-13-16-12(9-19-13)14(2,3)4/h8-10,15H,5-7H2,1-4H3. The maximum absolute atomic E-state index is 4.77. The van der Waals surface area contributed by atoms with Gasteiger partial charge in [-0.25, -0.2) is 4.98 Å². The summed E-state index contributed by atoms with van der Waals surface area (Å²) in [5.74, 6) is 0. The second-order valence-corrected chi connectivity index (χ2v) is 7.47. The monoisotopic (exact) mass is 310 g/mol. The quantitative estimate of drug-likeness (QED) is 0.886. The fraction of sp³-hybridized carbons (Fsp3) is 0.643. The molecule has 0 aliphatic carbocycles. The van der Waals surface area contributed by atoms with Crippen LogP contribution in [0.15, 0.2) is 10.8 Å². The zero-order valence-corrected chi connectivity index (χ0v) is 14.1. The van der Waals surface area contributed by atoms with Crippen LogP contribution in [0.25, 0.3) is 0 Å². The average Bonchev–Trinajstić information content (AvgIpc) is 3.04. The van der Waals surface area contributed by atoms with Crippen LogP contribution in [0.2, 0.25) is 0 Å². The zero-order valence-electron chi connectivity index (χ0n) is 12.5. The SMILES string of the molecule is CCCNC(Cc1nc(C(C)(C)C)cs1)c1csnn1. The van der Waals surface area contributed by atoms with Gasteiger partial charge in [0, 0.05) is 22.6 Å². The summed E-state index contributed by atoms with van der Waals surface area (Å²) >= 11 is 3.14. The van der Waals surface area contributed by atoms with Gasteiger partial charge in [0.2, 0.25) is 0 Å². The summed E-state index contributed by atoms with van der Waals surface area (Å²) in [6.07, 6.45) is 1.99. The van der Waals surface area contributed by atoms with Gasteiger partial charge in [-0.1, -0.05) is 32.2 Å². The van der Waals surface area contributed by atoms with E-state index in [2.05, 4.69) is 48.0 Å². The van der Waals surface area contributed by atoms with Gasteiger partial charge in [0.15, 0.2) is 0 Å². The molecule has 110 valence electrons. The van der Waals surface area contributed by atoms with Crippen molar-refractivity contribution in [2.24, 2.45) is 0 Å². The third kappa shape index (κ3) is 4.07. The van der Waals surface area contributed by atoms with Crippen molar-refractivity contribution in [1.29, 1.82) is 0 Å². The Balaban J connectivity index is 2.09. The maximum atomic E-state index is 4.77. The van der Waals surface area contributed by atoms with Crippen LogP contribution in [0.4, 0.5) is 0 Å². The van der Waals surface area contributed by atoms with Crippen molar-refractivity contribution >= 4 is 22.9 Å². The van der Waals surface area contributed by atoms with E-state index in [9.17, 15) is 0 Å². The highest BCUT2D eigenvalue weighted by Gasteiger charge is 2.20. The second kappa shape index (κ2) is 6.74. The summed E-state index contributed by atoms with van der Waals surface area (Å²) in [6.45, 7) is 9.75. The van der Waals surface area contributed by atoms with Gasteiger partial charge in [0.25, 0.3) is 0 Å². The molecule has 1 N–H and O–H groups in total. The number of hydrogen-bond donors (Lipinski definition) is 1. The molecule has 2 aromatic heterocycles. The molecule has 0 saturated carbocycles. The Morgan fingerprint density at radius 3 is 2.65 bits per heavy atom. The van der Waals surface area contributed by atoms with Crippen LogP contribution in [-0.2, 0) is 11.8 Å². The molecule has 0 fully saturated rings. The van der Waals surface area contributed by atoms with Gasteiger partial charge in [-0.05, 0) is 24.5 Å². The minimum atomic E-state index is 0.114. The highest BCUT2D eigenvalue weighted by Crippen LogP contribution is 2.26. The number of thiazole rings is 1. The Bertz CT molecular complexity index is 514. The molecule has 1 atom stereocenters. The molecule has 0 radical (unpaired) electrons. The molecule has 0 aliphatic rings. The van der Waals surface area contributed by atoms with E-state index in [1.165, 1.54) is 17.2 Å². The van der Waals surface area contributed by atoms with E-state index in [-0.39, 0.29) is 11.5 Å². The summed E-state index contributed by atoms with van der Waals surface area (Å²) < 4.78 is 3.97. The zero-order chi connectivity index (χ0) is 14.6. The van der Waals surface area contributed by atoms with Gasteiger partial charge in [0.1, 0.15) is 0 Å². The molecule has 0 spiro atoms. The van der Waals surface area contributed by atoms with Crippen LogP contribution in [0.5, 0.6) is 0 Å². The lowest BCUT2D eigenvalue weighted by molar-refractivity contribution is 0.512. The molecule has 2 aromatic rings. The molecular weight excluding hydrogens is 288 g/mol. The molecule has 0 bridgehead atoms. The first-order valence-corrected chi connectivity index (χ1v) is 8.67. The number of rotatable bonds is 6. The summed E-state index contributed by atoms with van der Waals surface area (Å²) in [4.78, 5) is 4.77. The summed E-state index contributed by atoms with van der Waals surface area (Å²) in [6, 6.07) is 0.215. The van der Waals surface area contributed by atoms with E-state index in [4.69, 9.17) is 4.98 Å². The molecular formula is C14H22N4S2. The smallest absolute Gasteiger partial charge is 0.0948 e. The Kier molecular flexibility index (Phi) is 5.23. The van der Waals surface area contributed by atoms with Crippen molar-refractivity contribution in [3.63, 3.8) is 0 Å². The number of hydrogen-bond acceptors (Lipinski definition) is 6. The lowest BCUT2D eigenvalue weighted by Gasteiger charge is -2.16. The number of nitrogens with zero attached hydrogens (tertiary/aromatic N) is 3. The van der Waals surface area contributed by atoms with E-state index in [1.807, 2.05) is 5.38 Å². The van der Waals surface area contributed by atoms with Crippen LogP contribution in [0, 0.1) is 0 Å². The van der Waals surface area contributed by atoms with E-state index in [0.29, 0.717) is 0 Å². The molecule has 20 heavy (non-hydrogen) atoms. The summed E-state index contributed by atoms with van der Waals surface area (Å²) in [5, 5.41) is 13.1. The molecule has 6 heteroatoms. The van der Waals surface area contributed by atoms with Crippen molar-refractivity contribution in [3.05, 3.63) is 27.2 Å². The lowest BCUT2D eigenvalue weighted by Crippen LogP contribution is -2.24. The van der Waals surface area contributed by atoms with Gasteiger partial charge >= 0.3 is 0 Å². The first kappa shape index (κ1) is 15.5. The summed E-state index contributed by atoms with van der Waals surface area (Å²) in [5.41, 5.74) is 2.31. The molecule has 1 unspecified atom stereocenters. The van der Waals surface area contributed by atoms with Gasteiger partial charge < -0.3 is 5.32 Å². The normalized spacial score (nSPS) is 13.6. The van der Waals surface area contributed by atoms with Crippen molar-refractivity contribution in [2.75, 3.05) is 6.54 Å². The van der Waals surface area contributed by atoms with Crippen molar-refractivity contribution < 1.29 is 0 Å². The predicted octanol–water partition coefficient (Wildman–Crippen LogP) is 3.58. The van der Waals surface area contributed by atoms with Crippen LogP contribution in [0.1, 0.15) is 56.6 Å². The Morgan fingerprint density at radius 1 is 1.30 bits per heavy atom. The number of aromatic nitrogens is 3. The topological polar surface area (TPSA) is 50.7 Å². The van der Waals surface area contributed by atoms with Crippen LogP contribution < -0.4 is 5.32 Å². The maximum Gasteiger partial charge on any atom is 0.0948 e. The summed E-state index contributed by atoms with van der Waals surface area (Å²) in [7, 11) is 0. The highest BCUT2D eigenvalue weighted by atomic mass is 32.1. The van der Waals surface area contributed by atoms with Gasteiger partial charge in [0.05, 0.1) is 22.4 Å². The van der Waals surface area contributed by atoms with Gasteiger partial charge in [-0.2, -0.15) is 0 Å². The van der Waals surface area contributed by atoms with Crippen molar-refractivity contribution in [1.82, 2.24) is 19.9 Å². The van der Waals surface area contributed by atoms with Crippen LogP contribution in [-0.4, -0.2) is 21.1 Å². The first-order chi connectivity index (χ1) is 9.50. The third-order valence-corrected chi connectivity index (χ3v) is 4.47.